The van der Waals surface area contributed by atoms with Crippen molar-refractivity contribution in [2.45, 2.75) is 45.4 Å². The van der Waals surface area contributed by atoms with Gasteiger partial charge in [0.1, 0.15) is 11.2 Å². The molecule has 0 aromatic carbocycles. The van der Waals surface area contributed by atoms with E-state index in [1.54, 1.807) is 6.33 Å². The van der Waals surface area contributed by atoms with E-state index in [-0.39, 0.29) is 0 Å². The molecule has 1 fully saturated rings. The molecule has 1 saturated heterocycles. The Kier molecular flexibility index (Phi) is 3.55. The number of rotatable bonds is 2. The van der Waals surface area contributed by atoms with Gasteiger partial charge in [-0.25, -0.2) is 15.0 Å². The molecule has 21 heavy (non-hydrogen) atoms. The molecule has 1 N–H and O–H groups in total. The summed E-state index contributed by atoms with van der Waals surface area (Å²) in [7, 11) is 0. The van der Waals surface area contributed by atoms with Crippen LogP contribution in [0.1, 0.15) is 43.0 Å². The van der Waals surface area contributed by atoms with Crippen molar-refractivity contribution < 1.29 is 0 Å². The summed E-state index contributed by atoms with van der Waals surface area (Å²) in [5.41, 5.74) is 5.07. The standard InChI is InChI=1S/C16H22N4S/c1-11-5-6-12-13(9-11)21-16-14(12)15(17-10-18-16)19-20-7-3-2-4-8-20/h10-11H,2-9H2,1H3,(H,17,18,19)/t11-/m1/s1. The maximum atomic E-state index is 4.54. The van der Waals surface area contributed by atoms with Crippen LogP contribution in [-0.2, 0) is 12.8 Å². The van der Waals surface area contributed by atoms with Crippen LogP contribution in [0.3, 0.4) is 0 Å². The number of nitrogens with zero attached hydrogens (tertiary/aromatic N) is 3. The highest BCUT2D eigenvalue weighted by Crippen LogP contribution is 2.39. The van der Waals surface area contributed by atoms with E-state index < -0.39 is 0 Å². The molecule has 5 heteroatoms. The number of anilines is 1. The van der Waals surface area contributed by atoms with Crippen molar-refractivity contribution >= 4 is 27.4 Å². The summed E-state index contributed by atoms with van der Waals surface area (Å²) in [6.07, 6.45) is 9.29. The van der Waals surface area contributed by atoms with Gasteiger partial charge in [0, 0.05) is 18.0 Å². The monoisotopic (exact) mass is 302 g/mol. The molecule has 0 radical (unpaired) electrons. The van der Waals surface area contributed by atoms with Crippen molar-refractivity contribution in [1.29, 1.82) is 0 Å². The summed E-state index contributed by atoms with van der Waals surface area (Å²) in [5, 5.41) is 3.61. The number of hydrogen-bond donors (Lipinski definition) is 1. The fourth-order valence-electron chi connectivity index (χ4n) is 3.52. The lowest BCUT2D eigenvalue weighted by molar-refractivity contribution is 0.272. The summed E-state index contributed by atoms with van der Waals surface area (Å²) in [6, 6.07) is 0. The number of fused-ring (bicyclic) bond motifs is 3. The van der Waals surface area contributed by atoms with Gasteiger partial charge < -0.3 is 5.43 Å². The first-order chi connectivity index (χ1) is 10.3. The maximum Gasteiger partial charge on any atom is 0.152 e. The molecule has 4 rings (SSSR count). The minimum Gasteiger partial charge on any atom is -0.302 e. The van der Waals surface area contributed by atoms with Gasteiger partial charge in [0.15, 0.2) is 5.82 Å². The lowest BCUT2D eigenvalue weighted by atomic mass is 9.89. The predicted molar refractivity (Wildman–Crippen MR) is 87.7 cm³/mol. The van der Waals surface area contributed by atoms with Crippen molar-refractivity contribution in [2.75, 3.05) is 18.5 Å². The summed E-state index contributed by atoms with van der Waals surface area (Å²) < 4.78 is 0. The fraction of sp³-hybridized carbons (Fsp3) is 0.625. The quantitative estimate of drug-likeness (QED) is 0.920. The Labute approximate surface area is 129 Å². The number of aryl methyl sites for hydroxylation is 1. The molecule has 112 valence electrons. The van der Waals surface area contributed by atoms with Crippen LogP contribution < -0.4 is 5.43 Å². The fourth-order valence-corrected chi connectivity index (χ4v) is 4.87. The SMILES string of the molecule is C[C@@H]1CCc2c(sc3ncnc(NN4CCCCC4)c23)C1. The maximum absolute atomic E-state index is 4.54. The van der Waals surface area contributed by atoms with E-state index in [1.165, 1.54) is 54.4 Å². The van der Waals surface area contributed by atoms with Gasteiger partial charge in [-0.05, 0) is 43.6 Å². The molecule has 0 saturated carbocycles. The van der Waals surface area contributed by atoms with Crippen LogP contribution in [-0.4, -0.2) is 28.1 Å². The largest absolute Gasteiger partial charge is 0.302 e. The predicted octanol–water partition coefficient (Wildman–Crippen LogP) is 3.63. The van der Waals surface area contributed by atoms with Crippen LogP contribution in [0.2, 0.25) is 0 Å². The zero-order valence-electron chi connectivity index (χ0n) is 12.6. The second-order valence-corrected chi connectivity index (χ2v) is 7.50. The Bertz CT molecular complexity index is 645. The first-order valence-corrected chi connectivity index (χ1v) is 8.90. The van der Waals surface area contributed by atoms with Crippen LogP contribution in [0.4, 0.5) is 5.82 Å². The van der Waals surface area contributed by atoms with Gasteiger partial charge in [0.05, 0.1) is 5.39 Å². The molecule has 1 aliphatic heterocycles. The lowest BCUT2D eigenvalue weighted by Gasteiger charge is -2.27. The first-order valence-electron chi connectivity index (χ1n) is 8.08. The van der Waals surface area contributed by atoms with Crippen LogP contribution in [0, 0.1) is 5.92 Å². The van der Waals surface area contributed by atoms with Crippen LogP contribution in [0.15, 0.2) is 6.33 Å². The van der Waals surface area contributed by atoms with E-state index in [9.17, 15) is 0 Å². The van der Waals surface area contributed by atoms with E-state index in [1.807, 2.05) is 11.3 Å². The average Bonchev–Trinajstić information content (AvgIpc) is 2.86. The lowest BCUT2D eigenvalue weighted by Crippen LogP contribution is -2.35. The molecule has 4 nitrogen and oxygen atoms in total. The van der Waals surface area contributed by atoms with E-state index in [0.717, 1.165) is 29.7 Å². The summed E-state index contributed by atoms with van der Waals surface area (Å²) >= 11 is 1.87. The number of thiophene rings is 1. The van der Waals surface area contributed by atoms with E-state index in [0.29, 0.717) is 0 Å². The number of hydrogen-bond acceptors (Lipinski definition) is 5. The second kappa shape index (κ2) is 5.54. The van der Waals surface area contributed by atoms with Gasteiger partial charge in [-0.15, -0.1) is 11.3 Å². The topological polar surface area (TPSA) is 41.1 Å². The zero-order valence-corrected chi connectivity index (χ0v) is 13.4. The Balaban J connectivity index is 1.71. The number of hydrazine groups is 1. The smallest absolute Gasteiger partial charge is 0.152 e. The third-order valence-corrected chi connectivity index (χ3v) is 5.87. The van der Waals surface area contributed by atoms with Crippen molar-refractivity contribution in [2.24, 2.45) is 5.92 Å². The van der Waals surface area contributed by atoms with Crippen LogP contribution in [0.25, 0.3) is 10.2 Å². The first kappa shape index (κ1) is 13.5. The van der Waals surface area contributed by atoms with E-state index >= 15 is 0 Å². The Morgan fingerprint density at radius 2 is 2.10 bits per heavy atom. The zero-order chi connectivity index (χ0) is 14.2. The minimum atomic E-state index is 0.803. The van der Waals surface area contributed by atoms with E-state index in [2.05, 4.69) is 27.3 Å². The highest BCUT2D eigenvalue weighted by molar-refractivity contribution is 7.19. The van der Waals surface area contributed by atoms with Gasteiger partial charge >= 0.3 is 0 Å². The van der Waals surface area contributed by atoms with E-state index in [4.69, 9.17) is 0 Å². The highest BCUT2D eigenvalue weighted by Gasteiger charge is 2.23. The molecular formula is C16H22N4S. The average molecular weight is 302 g/mol. The molecule has 3 heterocycles. The summed E-state index contributed by atoms with van der Waals surface area (Å²) in [6.45, 7) is 4.59. The number of nitrogens with one attached hydrogen (secondary N) is 1. The van der Waals surface area contributed by atoms with Gasteiger partial charge in [-0.3, -0.25) is 0 Å². The van der Waals surface area contributed by atoms with Gasteiger partial charge in [-0.2, -0.15) is 0 Å². The van der Waals surface area contributed by atoms with Gasteiger partial charge in [-0.1, -0.05) is 13.3 Å². The molecule has 0 spiro atoms. The number of piperidine rings is 1. The van der Waals surface area contributed by atoms with Crippen molar-refractivity contribution in [3.63, 3.8) is 0 Å². The minimum absolute atomic E-state index is 0.803. The molecular weight excluding hydrogens is 280 g/mol. The molecule has 1 atom stereocenters. The number of aromatic nitrogens is 2. The van der Waals surface area contributed by atoms with Crippen molar-refractivity contribution in [1.82, 2.24) is 15.0 Å². The Morgan fingerprint density at radius 1 is 1.24 bits per heavy atom. The second-order valence-electron chi connectivity index (χ2n) is 6.41. The van der Waals surface area contributed by atoms with Crippen LogP contribution >= 0.6 is 11.3 Å². The molecule has 2 aliphatic rings. The van der Waals surface area contributed by atoms with Crippen molar-refractivity contribution in [3.8, 4) is 0 Å². The molecule has 0 bridgehead atoms. The third kappa shape index (κ3) is 2.53. The Hall–Kier alpha value is -1.20. The van der Waals surface area contributed by atoms with Crippen molar-refractivity contribution in [3.05, 3.63) is 16.8 Å². The summed E-state index contributed by atoms with van der Waals surface area (Å²) in [4.78, 5) is 11.7. The van der Waals surface area contributed by atoms with Crippen LogP contribution in [0.5, 0.6) is 0 Å². The molecule has 2 aromatic heterocycles. The van der Waals surface area contributed by atoms with Gasteiger partial charge in [0.2, 0.25) is 0 Å². The summed E-state index contributed by atoms with van der Waals surface area (Å²) in [5.74, 6) is 1.82. The molecule has 0 amide bonds. The molecule has 2 aromatic rings. The Morgan fingerprint density at radius 3 is 2.95 bits per heavy atom. The normalized spacial score (nSPS) is 23.2. The van der Waals surface area contributed by atoms with Gasteiger partial charge in [0.25, 0.3) is 0 Å². The third-order valence-electron chi connectivity index (χ3n) is 4.71. The highest BCUT2D eigenvalue weighted by atomic mass is 32.1. The molecule has 1 aliphatic carbocycles. The molecule has 0 unspecified atom stereocenters.